The second-order valence-corrected chi connectivity index (χ2v) is 10.3. The smallest absolute Gasteiger partial charge is 0.407 e. The highest BCUT2D eigenvalue weighted by Crippen LogP contribution is 2.39. The Labute approximate surface area is 217 Å². The van der Waals surface area contributed by atoms with Crippen LogP contribution >= 0.6 is 23.2 Å². The SMILES string of the molecule is COCN(c1cc(Cl)cnc1C(O)c1cccc2[nH]c(=O)oc12)S(=O)(=O)c1ccc(Cl)c(C(F)(F)F)c1. The number of anilines is 1. The van der Waals surface area contributed by atoms with Crippen molar-refractivity contribution in [2.45, 2.75) is 17.2 Å². The Morgan fingerprint density at radius 3 is 2.62 bits per heavy atom. The number of pyridine rings is 1. The summed E-state index contributed by atoms with van der Waals surface area (Å²) in [5.41, 5.74) is -1.58. The van der Waals surface area contributed by atoms with Gasteiger partial charge in [0.05, 0.1) is 37.4 Å². The fraction of sp³-hybridized carbons (Fsp3) is 0.182. The average molecular weight is 578 g/mol. The largest absolute Gasteiger partial charge is 0.417 e. The number of rotatable bonds is 7. The van der Waals surface area contributed by atoms with Crippen molar-refractivity contribution in [3.63, 3.8) is 0 Å². The maximum Gasteiger partial charge on any atom is 0.417 e. The molecule has 15 heteroatoms. The monoisotopic (exact) mass is 577 g/mol. The van der Waals surface area contributed by atoms with Gasteiger partial charge in [-0.25, -0.2) is 17.5 Å². The lowest BCUT2D eigenvalue weighted by Gasteiger charge is -2.27. The topological polar surface area (TPSA) is 126 Å². The normalized spacial score (nSPS) is 13.2. The van der Waals surface area contributed by atoms with E-state index in [-0.39, 0.29) is 33.1 Å². The van der Waals surface area contributed by atoms with Crippen LogP contribution < -0.4 is 10.1 Å². The third kappa shape index (κ3) is 5.18. The van der Waals surface area contributed by atoms with Gasteiger partial charge in [0, 0.05) is 18.9 Å². The number of hydrogen-bond donors (Lipinski definition) is 2. The van der Waals surface area contributed by atoms with Crippen molar-refractivity contribution in [2.75, 3.05) is 18.1 Å². The lowest BCUT2D eigenvalue weighted by Crippen LogP contribution is -2.34. The predicted octanol–water partition coefficient (Wildman–Crippen LogP) is 4.72. The Balaban J connectivity index is 1.90. The molecule has 4 rings (SSSR count). The lowest BCUT2D eigenvalue weighted by molar-refractivity contribution is -0.137. The van der Waals surface area contributed by atoms with Crippen molar-refractivity contribution < 1.29 is 35.8 Å². The van der Waals surface area contributed by atoms with E-state index in [0.29, 0.717) is 10.4 Å². The Morgan fingerprint density at radius 2 is 1.95 bits per heavy atom. The Bertz CT molecular complexity index is 1640. The highest BCUT2D eigenvalue weighted by Gasteiger charge is 2.37. The highest BCUT2D eigenvalue weighted by molar-refractivity contribution is 7.92. The van der Waals surface area contributed by atoms with E-state index in [1.54, 1.807) is 0 Å². The number of benzene rings is 2. The lowest BCUT2D eigenvalue weighted by atomic mass is 10.0. The number of aromatic amines is 1. The van der Waals surface area contributed by atoms with Gasteiger partial charge in [0.1, 0.15) is 12.8 Å². The molecule has 196 valence electrons. The standard InChI is InChI=1S/C22H16Cl2F3N3O6S/c1-35-10-30(37(33,34)12-5-6-15(24)14(8-12)22(25,26)27)17-7-11(23)9-28-18(17)19(31)13-3-2-4-16-20(13)36-21(32)29-16/h2-9,19,31H,10H2,1H3,(H,29,32). The van der Waals surface area contributed by atoms with Gasteiger partial charge in [-0.2, -0.15) is 13.2 Å². The molecule has 0 aliphatic heterocycles. The van der Waals surface area contributed by atoms with Gasteiger partial charge in [-0.3, -0.25) is 9.97 Å². The Hall–Kier alpha value is -3.10. The molecular formula is C22H16Cl2F3N3O6S. The fourth-order valence-corrected chi connectivity index (χ4v) is 5.39. The van der Waals surface area contributed by atoms with Gasteiger partial charge in [0.15, 0.2) is 5.58 Å². The van der Waals surface area contributed by atoms with Crippen LogP contribution in [0.5, 0.6) is 0 Å². The molecule has 0 radical (unpaired) electrons. The van der Waals surface area contributed by atoms with Crippen molar-refractivity contribution in [3.05, 3.63) is 86.1 Å². The molecule has 2 aromatic heterocycles. The van der Waals surface area contributed by atoms with Crippen LogP contribution in [0.2, 0.25) is 10.0 Å². The van der Waals surface area contributed by atoms with E-state index in [9.17, 15) is 31.5 Å². The number of hydrogen-bond acceptors (Lipinski definition) is 7. The summed E-state index contributed by atoms with van der Waals surface area (Å²) >= 11 is 11.7. The van der Waals surface area contributed by atoms with E-state index in [0.717, 1.165) is 31.5 Å². The summed E-state index contributed by atoms with van der Waals surface area (Å²) in [6.07, 6.45) is -5.44. The van der Waals surface area contributed by atoms with E-state index in [4.69, 9.17) is 32.4 Å². The number of methoxy groups -OCH3 is 1. The molecule has 0 aliphatic carbocycles. The maximum atomic E-state index is 13.6. The van der Waals surface area contributed by atoms with Gasteiger partial charge in [-0.05, 0) is 30.3 Å². The van der Waals surface area contributed by atoms with Gasteiger partial charge >= 0.3 is 11.9 Å². The molecule has 0 bridgehead atoms. The summed E-state index contributed by atoms with van der Waals surface area (Å²) in [5.74, 6) is -0.786. The second kappa shape index (κ2) is 9.99. The van der Waals surface area contributed by atoms with Crippen molar-refractivity contribution in [1.82, 2.24) is 9.97 Å². The second-order valence-electron chi connectivity index (χ2n) is 7.61. The van der Waals surface area contributed by atoms with Crippen LogP contribution in [0.4, 0.5) is 18.9 Å². The average Bonchev–Trinajstić information content (AvgIpc) is 3.21. The summed E-state index contributed by atoms with van der Waals surface area (Å²) in [4.78, 5) is 17.4. The first kappa shape index (κ1) is 26.9. The zero-order chi connectivity index (χ0) is 27.1. The van der Waals surface area contributed by atoms with Gasteiger partial charge in [0.2, 0.25) is 0 Å². The van der Waals surface area contributed by atoms with Gasteiger partial charge in [-0.1, -0.05) is 35.3 Å². The van der Waals surface area contributed by atoms with Crippen molar-refractivity contribution >= 4 is 50.0 Å². The van der Waals surface area contributed by atoms with Crippen LogP contribution in [-0.2, 0) is 20.9 Å². The number of H-pyrrole nitrogens is 1. The molecule has 4 aromatic rings. The number of halogens is 5. The number of nitrogens with one attached hydrogen (secondary N) is 1. The predicted molar refractivity (Wildman–Crippen MR) is 128 cm³/mol. The maximum absolute atomic E-state index is 13.6. The molecular weight excluding hydrogens is 562 g/mol. The van der Waals surface area contributed by atoms with E-state index in [1.807, 2.05) is 0 Å². The zero-order valence-electron chi connectivity index (χ0n) is 18.6. The fourth-order valence-electron chi connectivity index (χ4n) is 3.60. The number of fused-ring (bicyclic) bond motifs is 1. The summed E-state index contributed by atoms with van der Waals surface area (Å²) in [5, 5.41) is 10.5. The Kier molecular flexibility index (Phi) is 7.27. The molecule has 0 fully saturated rings. The van der Waals surface area contributed by atoms with Gasteiger partial charge in [0.25, 0.3) is 10.0 Å². The van der Waals surface area contributed by atoms with Crippen molar-refractivity contribution in [3.8, 4) is 0 Å². The molecule has 1 unspecified atom stereocenters. The molecule has 0 aliphatic rings. The first-order chi connectivity index (χ1) is 17.3. The number of para-hydroxylation sites is 1. The number of nitrogens with zero attached hydrogens (tertiary/aromatic N) is 2. The number of ether oxygens (including phenoxy) is 1. The molecule has 37 heavy (non-hydrogen) atoms. The van der Waals surface area contributed by atoms with Crippen LogP contribution in [-0.4, -0.2) is 37.3 Å². The molecule has 2 N–H and O–H groups in total. The number of aliphatic hydroxyl groups excluding tert-OH is 1. The molecule has 0 saturated carbocycles. The van der Waals surface area contributed by atoms with Gasteiger partial charge in [-0.15, -0.1) is 0 Å². The van der Waals surface area contributed by atoms with E-state index in [2.05, 4.69) is 9.97 Å². The number of sulfonamides is 1. The summed E-state index contributed by atoms with van der Waals surface area (Å²) in [7, 11) is -3.59. The van der Waals surface area contributed by atoms with Crippen molar-refractivity contribution in [2.24, 2.45) is 0 Å². The number of aromatic nitrogens is 2. The molecule has 0 saturated heterocycles. The minimum atomic E-state index is -4.92. The first-order valence-corrected chi connectivity index (χ1v) is 12.4. The minimum absolute atomic E-state index is 0.00336. The van der Waals surface area contributed by atoms with Crippen LogP contribution in [0.25, 0.3) is 11.1 Å². The number of aliphatic hydroxyl groups is 1. The molecule has 2 aromatic carbocycles. The summed E-state index contributed by atoms with van der Waals surface area (Å²) < 4.78 is 78.1. The minimum Gasteiger partial charge on any atom is -0.407 e. The molecule has 9 nitrogen and oxygen atoms in total. The number of oxazole rings is 1. The Morgan fingerprint density at radius 1 is 1.22 bits per heavy atom. The van der Waals surface area contributed by atoms with E-state index in [1.165, 1.54) is 18.2 Å². The van der Waals surface area contributed by atoms with Crippen LogP contribution in [0.15, 0.2) is 62.8 Å². The van der Waals surface area contributed by atoms with Crippen LogP contribution in [0.1, 0.15) is 22.9 Å². The van der Waals surface area contributed by atoms with Gasteiger partial charge < -0.3 is 14.3 Å². The third-order valence-corrected chi connectivity index (χ3v) is 7.51. The van der Waals surface area contributed by atoms with Crippen LogP contribution in [0, 0.1) is 0 Å². The summed E-state index contributed by atoms with van der Waals surface area (Å²) in [6, 6.07) is 7.71. The molecule has 0 amide bonds. The number of alkyl halides is 3. The zero-order valence-corrected chi connectivity index (χ0v) is 20.9. The van der Waals surface area contributed by atoms with Crippen LogP contribution in [0.3, 0.4) is 0 Å². The van der Waals surface area contributed by atoms with E-state index < -0.39 is 50.3 Å². The van der Waals surface area contributed by atoms with Crippen molar-refractivity contribution in [1.29, 1.82) is 0 Å². The highest BCUT2D eigenvalue weighted by atomic mass is 35.5. The molecule has 2 heterocycles. The summed E-state index contributed by atoms with van der Waals surface area (Å²) in [6.45, 7) is -0.683. The first-order valence-electron chi connectivity index (χ1n) is 10.2. The third-order valence-electron chi connectivity index (χ3n) is 5.24. The molecule has 0 spiro atoms. The molecule has 1 atom stereocenters. The quantitative estimate of drug-likeness (QED) is 0.304. The van der Waals surface area contributed by atoms with E-state index >= 15 is 0 Å².